The van der Waals surface area contributed by atoms with E-state index in [1.807, 2.05) is 6.92 Å². The third-order valence-electron chi connectivity index (χ3n) is 6.10. The van der Waals surface area contributed by atoms with Gasteiger partial charge in [-0.2, -0.15) is 0 Å². The second kappa shape index (κ2) is 7.45. The predicted molar refractivity (Wildman–Crippen MR) is 121 cm³/mol. The minimum Gasteiger partial charge on any atom is -0.463 e. The lowest BCUT2D eigenvalue weighted by Gasteiger charge is -2.18. The van der Waals surface area contributed by atoms with Crippen LogP contribution < -0.4 is 10.9 Å². The molecule has 2 aromatic heterocycles. The number of amides is 1. The van der Waals surface area contributed by atoms with Gasteiger partial charge in [0.2, 0.25) is 5.91 Å². The zero-order chi connectivity index (χ0) is 23.6. The third-order valence-corrected chi connectivity index (χ3v) is 7.81. The first-order valence-electron chi connectivity index (χ1n) is 10.4. The summed E-state index contributed by atoms with van der Waals surface area (Å²) in [6.07, 6.45) is 0.255. The topological polar surface area (TPSA) is 127 Å². The molecule has 3 aromatic rings. The van der Waals surface area contributed by atoms with Crippen LogP contribution in [-0.4, -0.2) is 43.1 Å². The van der Waals surface area contributed by atoms with Gasteiger partial charge in [-0.15, -0.1) is 0 Å². The molecule has 0 unspecified atom stereocenters. The van der Waals surface area contributed by atoms with E-state index in [9.17, 15) is 23.1 Å². The quantitative estimate of drug-likeness (QED) is 0.573. The van der Waals surface area contributed by atoms with Crippen LogP contribution in [0.15, 0.2) is 26.0 Å². The Morgan fingerprint density at radius 2 is 1.91 bits per heavy atom. The molecule has 32 heavy (non-hydrogen) atoms. The summed E-state index contributed by atoms with van der Waals surface area (Å²) in [4.78, 5) is 25.3. The van der Waals surface area contributed by atoms with E-state index in [2.05, 4.69) is 26.1 Å². The first-order chi connectivity index (χ1) is 14.8. The van der Waals surface area contributed by atoms with Crippen LogP contribution in [0.1, 0.15) is 43.0 Å². The average Bonchev–Trinajstić information content (AvgIpc) is 3.19. The number of hydrogen-bond donors (Lipinski definition) is 2. The van der Waals surface area contributed by atoms with Gasteiger partial charge in [0.25, 0.3) is 0 Å². The van der Waals surface area contributed by atoms with Crippen molar-refractivity contribution in [2.75, 3.05) is 11.5 Å². The Balaban J connectivity index is 1.77. The van der Waals surface area contributed by atoms with Crippen molar-refractivity contribution in [3.05, 3.63) is 45.0 Å². The summed E-state index contributed by atoms with van der Waals surface area (Å²) >= 11 is 0. The minimum absolute atomic E-state index is 0.154. The Hall–Kier alpha value is -2.65. The van der Waals surface area contributed by atoms with Crippen LogP contribution in [0.4, 0.5) is 0 Å². The Bertz CT molecular complexity index is 1410. The van der Waals surface area contributed by atoms with E-state index >= 15 is 0 Å². The maximum Gasteiger partial charge on any atom is 0.340 e. The molecule has 0 aliphatic carbocycles. The van der Waals surface area contributed by atoms with Gasteiger partial charge < -0.3 is 19.3 Å². The Labute approximate surface area is 185 Å². The number of carbonyl (C=O) groups is 1. The first kappa shape index (κ1) is 22.5. The highest BCUT2D eigenvalue weighted by molar-refractivity contribution is 7.91. The summed E-state index contributed by atoms with van der Waals surface area (Å²) < 4.78 is 34.8. The van der Waals surface area contributed by atoms with Crippen LogP contribution in [0.3, 0.4) is 0 Å². The number of hydrogen-bond acceptors (Lipinski definition) is 7. The fraction of sp³-hybridized carbons (Fsp3) is 0.478. The molecule has 3 heterocycles. The van der Waals surface area contributed by atoms with Gasteiger partial charge in [0.15, 0.2) is 9.84 Å². The highest BCUT2D eigenvalue weighted by Gasteiger charge is 2.37. The van der Waals surface area contributed by atoms with E-state index < -0.39 is 33.5 Å². The highest BCUT2D eigenvalue weighted by Crippen LogP contribution is 2.38. The fourth-order valence-electron chi connectivity index (χ4n) is 4.43. The van der Waals surface area contributed by atoms with Crippen molar-refractivity contribution in [2.45, 2.75) is 58.6 Å². The van der Waals surface area contributed by atoms with Crippen molar-refractivity contribution in [1.29, 1.82) is 0 Å². The predicted octanol–water partition coefficient (Wildman–Crippen LogP) is 2.27. The van der Waals surface area contributed by atoms with Crippen molar-refractivity contribution < 1.29 is 27.2 Å². The number of fused-ring (bicyclic) bond motifs is 3. The molecule has 2 atom stereocenters. The number of carbonyl (C=O) groups excluding carboxylic acids is 1. The molecule has 1 aliphatic heterocycles. The van der Waals surface area contributed by atoms with Crippen LogP contribution >= 0.6 is 0 Å². The monoisotopic (exact) mass is 461 g/mol. The molecular weight excluding hydrogens is 434 g/mol. The number of aliphatic hydroxyl groups is 1. The molecule has 0 radical (unpaired) electrons. The van der Waals surface area contributed by atoms with Crippen LogP contribution in [-0.2, 0) is 26.5 Å². The van der Waals surface area contributed by atoms with Crippen LogP contribution in [0.25, 0.3) is 21.9 Å². The average molecular weight is 462 g/mol. The summed E-state index contributed by atoms with van der Waals surface area (Å²) in [5.74, 6) is -1.27. The third kappa shape index (κ3) is 3.84. The van der Waals surface area contributed by atoms with Crippen LogP contribution in [0.5, 0.6) is 0 Å². The van der Waals surface area contributed by atoms with Crippen molar-refractivity contribution in [2.24, 2.45) is 0 Å². The number of furan rings is 1. The van der Waals surface area contributed by atoms with Crippen molar-refractivity contribution in [1.82, 2.24) is 5.32 Å². The van der Waals surface area contributed by atoms with Gasteiger partial charge in [0, 0.05) is 10.9 Å². The highest BCUT2D eigenvalue weighted by atomic mass is 32.2. The van der Waals surface area contributed by atoms with Crippen molar-refractivity contribution >= 4 is 37.7 Å². The summed E-state index contributed by atoms with van der Waals surface area (Å²) in [5, 5.41) is 14.0. The van der Waals surface area contributed by atoms with Gasteiger partial charge in [0.05, 0.1) is 47.3 Å². The molecule has 172 valence electrons. The largest absolute Gasteiger partial charge is 0.463 e. The summed E-state index contributed by atoms with van der Waals surface area (Å²) in [5.41, 5.74) is 2.90. The molecule has 2 N–H and O–H groups in total. The Morgan fingerprint density at radius 1 is 1.22 bits per heavy atom. The summed E-state index contributed by atoms with van der Waals surface area (Å²) in [6, 6.07) is 0.912. The molecule has 1 saturated heterocycles. The first-order valence-corrected chi connectivity index (χ1v) is 12.3. The standard InChI is InChI=1S/C23H27NO7S/c1-11-6-17-20(21-19(11)14(8-30-21)23(3,4)5)12(2)13(22(27)31-17)7-18(26)24-15-9-32(28,29)10-16(15)25/h6,8,15-16,25H,7,9-10H2,1-5H3,(H,24,26)/t15-,16+/m1/s1. The van der Waals surface area contributed by atoms with Crippen molar-refractivity contribution in [3.63, 3.8) is 0 Å². The summed E-state index contributed by atoms with van der Waals surface area (Å²) in [6.45, 7) is 9.94. The molecule has 0 spiro atoms. The molecule has 1 aromatic carbocycles. The lowest BCUT2D eigenvalue weighted by atomic mass is 9.85. The van der Waals surface area contributed by atoms with Gasteiger partial charge >= 0.3 is 5.63 Å². The Morgan fingerprint density at radius 3 is 2.50 bits per heavy atom. The lowest BCUT2D eigenvalue weighted by molar-refractivity contribution is -0.121. The van der Waals surface area contributed by atoms with Gasteiger partial charge in [-0.1, -0.05) is 20.8 Å². The molecule has 1 aliphatic rings. The van der Waals surface area contributed by atoms with E-state index in [1.165, 1.54) is 0 Å². The van der Waals surface area contributed by atoms with Crippen molar-refractivity contribution in [3.8, 4) is 0 Å². The molecule has 0 bridgehead atoms. The second-order valence-electron chi connectivity index (χ2n) is 9.66. The molecule has 4 rings (SSSR count). The molecule has 1 amide bonds. The van der Waals surface area contributed by atoms with Gasteiger partial charge in [-0.25, -0.2) is 13.2 Å². The van der Waals surface area contributed by atoms with E-state index in [0.717, 1.165) is 16.5 Å². The second-order valence-corrected chi connectivity index (χ2v) is 11.8. The zero-order valence-electron chi connectivity index (χ0n) is 18.7. The number of aliphatic hydroxyl groups excluding tert-OH is 1. The maximum absolute atomic E-state index is 12.7. The minimum atomic E-state index is -3.40. The van der Waals surface area contributed by atoms with Gasteiger partial charge in [-0.05, 0) is 36.5 Å². The van der Waals surface area contributed by atoms with E-state index in [1.54, 1.807) is 19.3 Å². The van der Waals surface area contributed by atoms with E-state index in [-0.39, 0.29) is 28.9 Å². The number of sulfone groups is 1. The number of aryl methyl sites for hydroxylation is 2. The normalized spacial score (nSPS) is 20.8. The smallest absolute Gasteiger partial charge is 0.340 e. The van der Waals surface area contributed by atoms with Gasteiger partial charge in [0.1, 0.15) is 11.2 Å². The Kier molecular flexibility index (Phi) is 5.25. The molecule has 0 saturated carbocycles. The van der Waals surface area contributed by atoms with Gasteiger partial charge in [-0.3, -0.25) is 4.79 Å². The number of nitrogens with one attached hydrogen (secondary N) is 1. The zero-order valence-corrected chi connectivity index (χ0v) is 19.6. The number of benzene rings is 1. The SMILES string of the molecule is Cc1cc2oc(=O)c(CC(=O)N[C@@H]3CS(=O)(=O)C[C@@H]3O)c(C)c2c2occ(C(C)(C)C)c12. The lowest BCUT2D eigenvalue weighted by Crippen LogP contribution is -2.43. The van der Waals surface area contributed by atoms with E-state index in [4.69, 9.17) is 8.83 Å². The summed E-state index contributed by atoms with van der Waals surface area (Å²) in [7, 11) is -3.40. The molecule has 8 nitrogen and oxygen atoms in total. The molecule has 1 fully saturated rings. The molecular formula is C23H27NO7S. The maximum atomic E-state index is 12.7. The van der Waals surface area contributed by atoms with Crippen LogP contribution in [0.2, 0.25) is 0 Å². The number of rotatable bonds is 3. The fourth-order valence-corrected chi connectivity index (χ4v) is 6.17. The van der Waals surface area contributed by atoms with Crippen LogP contribution in [0, 0.1) is 13.8 Å². The van der Waals surface area contributed by atoms with E-state index in [0.29, 0.717) is 22.1 Å². The molecule has 9 heteroatoms.